The lowest BCUT2D eigenvalue weighted by atomic mass is 9.97. The third-order valence-corrected chi connectivity index (χ3v) is 3.53. The number of Topliss-reactive ketones (excluding diaryl/α,β-unsaturated/α-hetero) is 1. The maximum Gasteiger partial charge on any atom is 0.159 e. The third kappa shape index (κ3) is 3.16. The lowest BCUT2D eigenvalue weighted by Gasteiger charge is -2.27. The molecule has 1 unspecified atom stereocenters. The van der Waals surface area contributed by atoms with Crippen LogP contribution in [0, 0.1) is 0 Å². The second-order valence-electron chi connectivity index (χ2n) is 6.36. The molecule has 0 spiro atoms. The fraction of sp³-hybridized carbons (Fsp3) is 0.562. The molecule has 0 N–H and O–H groups in total. The lowest BCUT2D eigenvalue weighted by molar-refractivity contribution is -0.0846. The number of hydrogen-bond donors (Lipinski definition) is 0. The molecule has 0 amide bonds. The van der Waals surface area contributed by atoms with E-state index in [-0.39, 0.29) is 23.1 Å². The standard InChI is InChI=1S/C16H22O3/c1-11(17)12-6-8-13(9-7-12)18-14-10-15(2,3)19-16(14,4)5/h6-9,14H,10H2,1-5H3. The number of carbonyl (C=O) groups excluding carboxylic acids is 1. The first kappa shape index (κ1) is 14.1. The Morgan fingerprint density at radius 2 is 1.79 bits per heavy atom. The number of hydrogen-bond acceptors (Lipinski definition) is 3. The monoisotopic (exact) mass is 262 g/mol. The molecule has 3 nitrogen and oxygen atoms in total. The van der Waals surface area contributed by atoms with Gasteiger partial charge in [-0.1, -0.05) is 0 Å². The van der Waals surface area contributed by atoms with Gasteiger partial charge < -0.3 is 9.47 Å². The van der Waals surface area contributed by atoms with Crippen molar-refractivity contribution in [3.05, 3.63) is 29.8 Å². The van der Waals surface area contributed by atoms with Gasteiger partial charge in [0.15, 0.2) is 5.78 Å². The first-order valence-electron chi connectivity index (χ1n) is 6.67. The molecule has 0 bridgehead atoms. The van der Waals surface area contributed by atoms with Crippen LogP contribution in [0.3, 0.4) is 0 Å². The molecular formula is C16H22O3. The predicted molar refractivity (Wildman–Crippen MR) is 74.7 cm³/mol. The number of rotatable bonds is 3. The van der Waals surface area contributed by atoms with E-state index in [1.165, 1.54) is 0 Å². The first-order chi connectivity index (χ1) is 8.70. The van der Waals surface area contributed by atoms with Gasteiger partial charge in [0.25, 0.3) is 0 Å². The van der Waals surface area contributed by atoms with Crippen LogP contribution in [0.25, 0.3) is 0 Å². The van der Waals surface area contributed by atoms with E-state index in [1.807, 2.05) is 12.1 Å². The fourth-order valence-corrected chi connectivity index (χ4v) is 2.63. The Balaban J connectivity index is 2.11. The van der Waals surface area contributed by atoms with E-state index in [0.29, 0.717) is 5.56 Å². The van der Waals surface area contributed by atoms with Gasteiger partial charge in [-0.05, 0) is 58.9 Å². The van der Waals surface area contributed by atoms with E-state index < -0.39 is 0 Å². The summed E-state index contributed by atoms with van der Waals surface area (Å²) in [6.07, 6.45) is 0.875. The number of ketones is 1. The molecule has 0 radical (unpaired) electrons. The second-order valence-corrected chi connectivity index (χ2v) is 6.36. The summed E-state index contributed by atoms with van der Waals surface area (Å²) in [5.41, 5.74) is 0.241. The van der Waals surface area contributed by atoms with E-state index in [4.69, 9.17) is 9.47 Å². The van der Waals surface area contributed by atoms with E-state index in [2.05, 4.69) is 27.7 Å². The molecule has 0 aromatic heterocycles. The minimum atomic E-state index is -0.303. The van der Waals surface area contributed by atoms with Crippen LogP contribution in [0.5, 0.6) is 5.75 Å². The van der Waals surface area contributed by atoms with Gasteiger partial charge in [0, 0.05) is 12.0 Å². The summed E-state index contributed by atoms with van der Waals surface area (Å²) in [7, 11) is 0. The molecule has 1 aliphatic rings. The molecule has 2 rings (SSSR count). The van der Waals surface area contributed by atoms with Crippen molar-refractivity contribution >= 4 is 5.78 Å². The van der Waals surface area contributed by atoms with Crippen molar-refractivity contribution in [2.75, 3.05) is 0 Å². The summed E-state index contributed by atoms with van der Waals surface area (Å²) in [6.45, 7) is 9.83. The van der Waals surface area contributed by atoms with Gasteiger partial charge in [0.2, 0.25) is 0 Å². The zero-order chi connectivity index (χ0) is 14.3. The average Bonchev–Trinajstić information content (AvgIpc) is 2.47. The number of benzene rings is 1. The molecule has 19 heavy (non-hydrogen) atoms. The summed E-state index contributed by atoms with van der Waals surface area (Å²) in [5, 5.41) is 0. The highest BCUT2D eigenvalue weighted by atomic mass is 16.6. The largest absolute Gasteiger partial charge is 0.487 e. The molecule has 1 atom stereocenters. The molecule has 1 fully saturated rings. The van der Waals surface area contributed by atoms with Crippen molar-refractivity contribution in [1.29, 1.82) is 0 Å². The highest BCUT2D eigenvalue weighted by molar-refractivity contribution is 5.94. The summed E-state index contributed by atoms with van der Waals surface area (Å²) in [5.74, 6) is 0.849. The van der Waals surface area contributed by atoms with Crippen molar-refractivity contribution in [3.63, 3.8) is 0 Å². The maximum atomic E-state index is 11.2. The molecule has 1 aromatic rings. The Kier molecular flexibility index (Phi) is 3.43. The highest BCUT2D eigenvalue weighted by Gasteiger charge is 2.47. The van der Waals surface area contributed by atoms with E-state index in [0.717, 1.165) is 12.2 Å². The van der Waals surface area contributed by atoms with Crippen molar-refractivity contribution in [3.8, 4) is 5.75 Å². The quantitative estimate of drug-likeness (QED) is 0.780. The lowest BCUT2D eigenvalue weighted by Crippen LogP contribution is -2.36. The van der Waals surface area contributed by atoms with E-state index in [1.54, 1.807) is 19.1 Å². The SMILES string of the molecule is CC(=O)c1ccc(OC2CC(C)(C)OC2(C)C)cc1. The van der Waals surface area contributed by atoms with Crippen molar-refractivity contribution in [2.45, 2.75) is 58.3 Å². The van der Waals surface area contributed by atoms with Crippen LogP contribution >= 0.6 is 0 Å². The van der Waals surface area contributed by atoms with Crippen molar-refractivity contribution in [1.82, 2.24) is 0 Å². The molecule has 1 saturated heterocycles. The Morgan fingerprint density at radius 1 is 1.21 bits per heavy atom. The summed E-state index contributed by atoms with van der Waals surface area (Å²) in [4.78, 5) is 11.2. The van der Waals surface area contributed by atoms with Crippen LogP contribution in [-0.2, 0) is 4.74 Å². The molecule has 0 aliphatic carbocycles. The van der Waals surface area contributed by atoms with Crippen molar-refractivity contribution < 1.29 is 14.3 Å². The molecule has 0 saturated carbocycles. The second kappa shape index (κ2) is 4.64. The van der Waals surface area contributed by atoms with Gasteiger partial charge in [0.1, 0.15) is 17.5 Å². The smallest absolute Gasteiger partial charge is 0.159 e. The average molecular weight is 262 g/mol. The molecule has 3 heteroatoms. The minimum absolute atomic E-state index is 0.0191. The van der Waals surface area contributed by atoms with Gasteiger partial charge in [-0.3, -0.25) is 4.79 Å². The Labute approximate surface area is 114 Å². The van der Waals surface area contributed by atoms with E-state index >= 15 is 0 Å². The zero-order valence-corrected chi connectivity index (χ0v) is 12.3. The van der Waals surface area contributed by atoms with Crippen LogP contribution in [0.15, 0.2) is 24.3 Å². The molecule has 104 valence electrons. The minimum Gasteiger partial charge on any atom is -0.487 e. The van der Waals surface area contributed by atoms with Crippen LogP contribution in [0.1, 0.15) is 51.4 Å². The topological polar surface area (TPSA) is 35.5 Å². The molecule has 1 heterocycles. The normalized spacial score (nSPS) is 24.2. The summed E-state index contributed by atoms with van der Waals surface area (Å²) < 4.78 is 12.0. The van der Waals surface area contributed by atoms with Gasteiger partial charge in [-0.15, -0.1) is 0 Å². The molecule has 1 aromatic carbocycles. The van der Waals surface area contributed by atoms with Crippen LogP contribution in [-0.4, -0.2) is 23.1 Å². The Hall–Kier alpha value is -1.35. The zero-order valence-electron chi connectivity index (χ0n) is 12.3. The van der Waals surface area contributed by atoms with Crippen LogP contribution in [0.4, 0.5) is 0 Å². The highest BCUT2D eigenvalue weighted by Crippen LogP contribution is 2.39. The Morgan fingerprint density at radius 3 is 2.21 bits per heavy atom. The maximum absolute atomic E-state index is 11.2. The van der Waals surface area contributed by atoms with Gasteiger partial charge >= 0.3 is 0 Å². The number of ether oxygens (including phenoxy) is 2. The van der Waals surface area contributed by atoms with E-state index in [9.17, 15) is 4.79 Å². The third-order valence-electron chi connectivity index (χ3n) is 3.53. The predicted octanol–water partition coefficient (Wildman–Crippen LogP) is 3.61. The van der Waals surface area contributed by atoms with Crippen molar-refractivity contribution in [2.24, 2.45) is 0 Å². The molecular weight excluding hydrogens is 240 g/mol. The first-order valence-corrected chi connectivity index (χ1v) is 6.67. The molecule has 1 aliphatic heterocycles. The van der Waals surface area contributed by atoms with Crippen LogP contribution < -0.4 is 4.74 Å². The van der Waals surface area contributed by atoms with Gasteiger partial charge in [-0.2, -0.15) is 0 Å². The van der Waals surface area contributed by atoms with Gasteiger partial charge in [0.05, 0.1) is 5.60 Å². The number of carbonyl (C=O) groups is 1. The van der Waals surface area contributed by atoms with Crippen LogP contribution in [0.2, 0.25) is 0 Å². The summed E-state index contributed by atoms with van der Waals surface area (Å²) >= 11 is 0. The Bertz CT molecular complexity index is 471. The summed E-state index contributed by atoms with van der Waals surface area (Å²) in [6, 6.07) is 7.29. The van der Waals surface area contributed by atoms with Gasteiger partial charge in [-0.25, -0.2) is 0 Å². The fourth-order valence-electron chi connectivity index (χ4n) is 2.63.